The number of nitrogen functional groups attached to an aromatic ring is 1. The SMILES string of the molecule is COC(=O)c1c(NC(=O)CSc2ncnc(N)n2)sc2c1CCCCCC2. The molecule has 0 unspecified atom stereocenters. The van der Waals surface area contributed by atoms with E-state index in [1.165, 1.54) is 36.1 Å². The molecule has 144 valence electrons. The smallest absolute Gasteiger partial charge is 0.341 e. The molecule has 0 aliphatic heterocycles. The van der Waals surface area contributed by atoms with Gasteiger partial charge in [-0.3, -0.25) is 4.79 Å². The number of esters is 1. The lowest BCUT2D eigenvalue weighted by molar-refractivity contribution is -0.113. The van der Waals surface area contributed by atoms with Crippen molar-refractivity contribution in [1.29, 1.82) is 0 Å². The highest BCUT2D eigenvalue weighted by Gasteiger charge is 2.25. The van der Waals surface area contributed by atoms with Gasteiger partial charge in [0.1, 0.15) is 11.3 Å². The van der Waals surface area contributed by atoms with E-state index >= 15 is 0 Å². The van der Waals surface area contributed by atoms with E-state index in [9.17, 15) is 9.59 Å². The van der Waals surface area contributed by atoms with Gasteiger partial charge in [-0.15, -0.1) is 11.3 Å². The summed E-state index contributed by atoms with van der Waals surface area (Å²) in [6, 6.07) is 0. The average Bonchev–Trinajstić information content (AvgIpc) is 2.95. The molecular weight excluding hydrogens is 386 g/mol. The van der Waals surface area contributed by atoms with Crippen molar-refractivity contribution in [2.45, 2.75) is 43.7 Å². The van der Waals surface area contributed by atoms with Gasteiger partial charge in [-0.05, 0) is 31.2 Å². The number of rotatable bonds is 5. The van der Waals surface area contributed by atoms with Crippen LogP contribution < -0.4 is 11.1 Å². The summed E-state index contributed by atoms with van der Waals surface area (Å²) in [4.78, 5) is 37.6. The number of methoxy groups -OCH3 is 1. The first-order valence-electron chi connectivity index (χ1n) is 8.68. The van der Waals surface area contributed by atoms with Gasteiger partial charge in [0, 0.05) is 4.88 Å². The number of anilines is 2. The van der Waals surface area contributed by atoms with Gasteiger partial charge in [0.2, 0.25) is 11.9 Å². The number of carbonyl (C=O) groups is 2. The summed E-state index contributed by atoms with van der Waals surface area (Å²) in [5.74, 6) is -0.425. The third-order valence-corrected chi connectivity index (χ3v) is 6.28. The van der Waals surface area contributed by atoms with Crippen LogP contribution in [0.15, 0.2) is 11.5 Å². The number of nitrogens with one attached hydrogen (secondary N) is 1. The molecule has 0 spiro atoms. The predicted octanol–water partition coefficient (Wildman–Crippen LogP) is 2.69. The van der Waals surface area contributed by atoms with Gasteiger partial charge < -0.3 is 15.8 Å². The summed E-state index contributed by atoms with van der Waals surface area (Å²) in [6.07, 6.45) is 7.55. The number of amides is 1. The highest BCUT2D eigenvalue weighted by atomic mass is 32.2. The van der Waals surface area contributed by atoms with E-state index in [0.29, 0.717) is 15.7 Å². The summed E-state index contributed by atoms with van der Waals surface area (Å²) in [6.45, 7) is 0. The fraction of sp³-hybridized carbons (Fsp3) is 0.471. The number of aromatic nitrogens is 3. The van der Waals surface area contributed by atoms with Crippen LogP contribution in [-0.4, -0.2) is 39.7 Å². The van der Waals surface area contributed by atoms with Crippen LogP contribution in [-0.2, 0) is 22.4 Å². The molecule has 0 aromatic carbocycles. The van der Waals surface area contributed by atoms with Crippen LogP contribution in [0, 0.1) is 0 Å². The molecule has 0 fully saturated rings. The van der Waals surface area contributed by atoms with Crippen molar-refractivity contribution in [3.63, 3.8) is 0 Å². The van der Waals surface area contributed by atoms with Crippen LogP contribution in [0.1, 0.15) is 46.5 Å². The molecule has 10 heteroatoms. The first kappa shape index (κ1) is 19.6. The summed E-state index contributed by atoms with van der Waals surface area (Å²) >= 11 is 2.64. The zero-order valence-corrected chi connectivity index (χ0v) is 16.6. The number of aryl methyl sites for hydroxylation is 1. The molecule has 0 saturated heterocycles. The zero-order chi connectivity index (χ0) is 19.2. The minimum atomic E-state index is -0.402. The molecule has 2 aromatic heterocycles. The quantitative estimate of drug-likeness (QED) is 0.573. The summed E-state index contributed by atoms with van der Waals surface area (Å²) < 4.78 is 4.97. The van der Waals surface area contributed by atoms with Crippen LogP contribution in [0.25, 0.3) is 0 Å². The fourth-order valence-electron chi connectivity index (χ4n) is 2.98. The van der Waals surface area contributed by atoms with Gasteiger partial charge in [-0.1, -0.05) is 24.6 Å². The molecule has 0 saturated carbocycles. The van der Waals surface area contributed by atoms with Gasteiger partial charge in [-0.2, -0.15) is 4.98 Å². The van der Waals surface area contributed by atoms with Gasteiger partial charge in [0.05, 0.1) is 18.4 Å². The minimum Gasteiger partial charge on any atom is -0.465 e. The Kier molecular flexibility index (Phi) is 6.62. The van der Waals surface area contributed by atoms with E-state index < -0.39 is 5.97 Å². The Bertz CT molecular complexity index is 840. The van der Waals surface area contributed by atoms with Crippen LogP contribution in [0.5, 0.6) is 0 Å². The van der Waals surface area contributed by atoms with Crippen LogP contribution >= 0.6 is 23.1 Å². The third-order valence-electron chi connectivity index (χ3n) is 4.21. The maximum Gasteiger partial charge on any atom is 0.341 e. The molecule has 3 rings (SSSR count). The van der Waals surface area contributed by atoms with E-state index in [1.54, 1.807) is 0 Å². The van der Waals surface area contributed by atoms with Crippen molar-refractivity contribution >= 4 is 45.9 Å². The third kappa shape index (κ3) is 4.95. The Labute approximate surface area is 165 Å². The second-order valence-electron chi connectivity index (χ2n) is 6.08. The first-order chi connectivity index (χ1) is 13.1. The van der Waals surface area contributed by atoms with E-state index in [0.717, 1.165) is 49.4 Å². The molecule has 0 radical (unpaired) electrons. The van der Waals surface area contributed by atoms with Crippen molar-refractivity contribution in [1.82, 2.24) is 15.0 Å². The standard InChI is InChI=1S/C17H21N5O3S2/c1-25-15(24)13-10-6-4-2-3-5-7-11(10)27-14(13)21-12(23)8-26-17-20-9-19-16(18)22-17/h9H,2-8H2,1H3,(H,21,23)(H2,18,19,20,22). The number of ether oxygens (including phenoxy) is 1. The van der Waals surface area contributed by atoms with Crippen LogP contribution in [0.4, 0.5) is 10.9 Å². The molecule has 0 atom stereocenters. The Morgan fingerprint density at radius 2 is 2.04 bits per heavy atom. The fourth-order valence-corrected chi connectivity index (χ4v) is 4.89. The first-order valence-corrected chi connectivity index (χ1v) is 10.5. The molecule has 0 bridgehead atoms. The number of fused-ring (bicyclic) bond motifs is 1. The molecule has 2 heterocycles. The maximum absolute atomic E-state index is 12.4. The molecule has 27 heavy (non-hydrogen) atoms. The number of hydrogen-bond donors (Lipinski definition) is 2. The second-order valence-corrected chi connectivity index (χ2v) is 8.12. The number of hydrogen-bond acceptors (Lipinski definition) is 9. The van der Waals surface area contributed by atoms with E-state index in [-0.39, 0.29) is 17.6 Å². The zero-order valence-electron chi connectivity index (χ0n) is 15.0. The van der Waals surface area contributed by atoms with E-state index in [4.69, 9.17) is 10.5 Å². The summed E-state index contributed by atoms with van der Waals surface area (Å²) in [5, 5.41) is 3.81. The topological polar surface area (TPSA) is 120 Å². The van der Waals surface area contributed by atoms with Crippen molar-refractivity contribution in [2.24, 2.45) is 0 Å². The Morgan fingerprint density at radius 3 is 2.78 bits per heavy atom. The van der Waals surface area contributed by atoms with Crippen LogP contribution in [0.3, 0.4) is 0 Å². The number of nitrogens with zero attached hydrogens (tertiary/aromatic N) is 3. The average molecular weight is 408 g/mol. The normalized spacial score (nSPS) is 14.0. The highest BCUT2D eigenvalue weighted by Crippen LogP contribution is 2.37. The number of thiophene rings is 1. The lowest BCUT2D eigenvalue weighted by Gasteiger charge is -2.11. The predicted molar refractivity (Wildman–Crippen MR) is 105 cm³/mol. The highest BCUT2D eigenvalue weighted by molar-refractivity contribution is 7.99. The Hall–Kier alpha value is -2.20. The molecule has 3 N–H and O–H groups in total. The van der Waals surface area contributed by atoms with E-state index in [1.807, 2.05) is 0 Å². The van der Waals surface area contributed by atoms with Gasteiger partial charge >= 0.3 is 5.97 Å². The van der Waals surface area contributed by atoms with Crippen molar-refractivity contribution in [2.75, 3.05) is 23.9 Å². The number of carbonyl (C=O) groups excluding carboxylic acids is 2. The monoisotopic (exact) mass is 407 g/mol. The van der Waals surface area contributed by atoms with Crippen molar-refractivity contribution in [3.05, 3.63) is 22.3 Å². The second kappa shape index (κ2) is 9.14. The number of nitrogens with two attached hydrogens (primary N) is 1. The van der Waals surface area contributed by atoms with Crippen molar-refractivity contribution < 1.29 is 14.3 Å². The Balaban J connectivity index is 1.75. The summed E-state index contributed by atoms with van der Waals surface area (Å²) in [7, 11) is 1.36. The molecule has 1 aliphatic carbocycles. The largest absolute Gasteiger partial charge is 0.465 e. The Morgan fingerprint density at radius 1 is 1.26 bits per heavy atom. The molecular formula is C17H21N5O3S2. The molecule has 8 nitrogen and oxygen atoms in total. The van der Waals surface area contributed by atoms with Gasteiger partial charge in [0.15, 0.2) is 5.16 Å². The molecule has 2 aromatic rings. The lowest BCUT2D eigenvalue weighted by atomic mass is 9.96. The van der Waals surface area contributed by atoms with E-state index in [2.05, 4.69) is 20.3 Å². The van der Waals surface area contributed by atoms with Crippen molar-refractivity contribution in [3.8, 4) is 0 Å². The van der Waals surface area contributed by atoms with Gasteiger partial charge in [-0.25, -0.2) is 14.8 Å². The van der Waals surface area contributed by atoms with Gasteiger partial charge in [0.25, 0.3) is 0 Å². The molecule has 1 amide bonds. The number of thioether (sulfide) groups is 1. The summed E-state index contributed by atoms with van der Waals surface area (Å²) in [5.41, 5.74) is 7.04. The van der Waals surface area contributed by atoms with Crippen LogP contribution in [0.2, 0.25) is 0 Å². The lowest BCUT2D eigenvalue weighted by Crippen LogP contribution is -2.16. The minimum absolute atomic E-state index is 0.104. The maximum atomic E-state index is 12.4. The molecule has 1 aliphatic rings.